The quantitative estimate of drug-likeness (QED) is 0.0840. The van der Waals surface area contributed by atoms with E-state index in [4.69, 9.17) is 36.1 Å². The van der Waals surface area contributed by atoms with Crippen molar-refractivity contribution in [2.24, 2.45) is 22.2 Å². The van der Waals surface area contributed by atoms with E-state index in [9.17, 15) is 30.6 Å². The first-order valence-electron chi connectivity index (χ1n) is 17.1. The first-order chi connectivity index (χ1) is 22.7. The molecule has 0 spiro atoms. The van der Waals surface area contributed by atoms with Crippen molar-refractivity contribution in [2.75, 3.05) is 6.54 Å². The number of hydrogen-bond acceptors (Lipinski definition) is 14. The average Bonchev–Trinajstić information content (AvgIpc) is 3.03. The predicted molar refractivity (Wildman–Crippen MR) is 181 cm³/mol. The number of rotatable bonds is 14. The van der Waals surface area contributed by atoms with Crippen LogP contribution in [0.4, 0.5) is 0 Å². The van der Waals surface area contributed by atoms with Crippen molar-refractivity contribution >= 4 is 6.21 Å². The van der Waals surface area contributed by atoms with E-state index < -0.39 is 91.7 Å². The SMILES string of the molecule is CCC1OC(OC2C(N)CC(N)C(OC3OC(CN=C/C=C(\C)CC/C=C(\C)CCC=C(C)C)C(O)C(O)C3O)C2O)C(O)C(N)C1O. The van der Waals surface area contributed by atoms with Crippen LogP contribution in [0, 0.1) is 0 Å². The van der Waals surface area contributed by atoms with Gasteiger partial charge in [0.1, 0.15) is 48.8 Å². The number of aliphatic imine (C=N–C) groups is 1. The molecule has 1 aliphatic carbocycles. The highest BCUT2D eigenvalue weighted by molar-refractivity contribution is 5.72. The lowest BCUT2D eigenvalue weighted by atomic mass is 9.84. The third-order valence-electron chi connectivity index (χ3n) is 9.34. The standard InChI is InChI=1S/C34H60N4O10/c1-6-22-25(39)24(37)27(41)33(45-22)47-31-20(35)15-21(36)32(30(31)44)48-34-29(43)28(42)26(40)23(46-34)16-38-14-13-19(5)12-8-11-18(4)10-7-9-17(2)3/h9,11,13-14,20-34,39-44H,6-8,10,12,15-16,35-37H2,1-5H3/b18-11+,19-13+,38-14?. The van der Waals surface area contributed by atoms with E-state index in [-0.39, 0.29) is 13.0 Å². The average molecular weight is 685 g/mol. The summed E-state index contributed by atoms with van der Waals surface area (Å²) >= 11 is 0. The molecular weight excluding hydrogens is 624 g/mol. The highest BCUT2D eigenvalue weighted by atomic mass is 16.7. The second-order valence-electron chi connectivity index (χ2n) is 13.7. The van der Waals surface area contributed by atoms with Crippen LogP contribution in [0.25, 0.3) is 0 Å². The minimum atomic E-state index is -1.66. The number of hydrogen-bond donors (Lipinski definition) is 9. The Kier molecular flexibility index (Phi) is 16.2. The Hall–Kier alpha value is -1.63. The maximum Gasteiger partial charge on any atom is 0.187 e. The van der Waals surface area contributed by atoms with Crippen LogP contribution in [0.5, 0.6) is 0 Å². The molecule has 2 aliphatic heterocycles. The van der Waals surface area contributed by atoms with Gasteiger partial charge in [0.25, 0.3) is 0 Å². The Bertz CT molecular complexity index is 1120. The van der Waals surface area contributed by atoms with Crippen LogP contribution in [0.15, 0.2) is 39.9 Å². The number of nitrogens with zero attached hydrogens (tertiary/aromatic N) is 1. The van der Waals surface area contributed by atoms with Gasteiger partial charge in [0.05, 0.1) is 24.8 Å². The molecule has 12 N–H and O–H groups in total. The zero-order chi connectivity index (χ0) is 35.7. The molecule has 0 radical (unpaired) electrons. The lowest BCUT2D eigenvalue weighted by Gasteiger charge is -2.48. The molecule has 276 valence electrons. The van der Waals surface area contributed by atoms with E-state index in [2.05, 4.69) is 37.9 Å². The van der Waals surface area contributed by atoms with Crippen LogP contribution >= 0.6 is 0 Å². The molecule has 15 unspecified atom stereocenters. The molecule has 0 amide bonds. The molecule has 14 heteroatoms. The van der Waals surface area contributed by atoms with E-state index in [0.29, 0.717) is 6.42 Å². The van der Waals surface area contributed by atoms with Gasteiger partial charge in [-0.25, -0.2) is 0 Å². The molecule has 1 saturated carbocycles. The van der Waals surface area contributed by atoms with E-state index in [1.165, 1.54) is 11.1 Å². The van der Waals surface area contributed by atoms with Crippen molar-refractivity contribution in [3.8, 4) is 0 Å². The van der Waals surface area contributed by atoms with Gasteiger partial charge in [0, 0.05) is 18.3 Å². The van der Waals surface area contributed by atoms with Crippen LogP contribution in [0.3, 0.4) is 0 Å². The van der Waals surface area contributed by atoms with Crippen LogP contribution in [-0.2, 0) is 18.9 Å². The van der Waals surface area contributed by atoms with Gasteiger partial charge in [-0.15, -0.1) is 0 Å². The number of aliphatic hydroxyl groups is 6. The molecule has 0 bridgehead atoms. The van der Waals surface area contributed by atoms with Crippen LogP contribution < -0.4 is 17.2 Å². The van der Waals surface area contributed by atoms with Gasteiger partial charge in [0.15, 0.2) is 12.6 Å². The summed E-state index contributed by atoms with van der Waals surface area (Å²) in [5, 5.41) is 64.1. The number of ether oxygens (including phenoxy) is 4. The van der Waals surface area contributed by atoms with Crippen molar-refractivity contribution in [1.29, 1.82) is 0 Å². The first kappa shape index (κ1) is 40.8. The summed E-state index contributed by atoms with van der Waals surface area (Å²) in [6.45, 7) is 10.1. The molecule has 14 nitrogen and oxygen atoms in total. The van der Waals surface area contributed by atoms with Gasteiger partial charge >= 0.3 is 0 Å². The van der Waals surface area contributed by atoms with E-state index in [1.54, 1.807) is 13.1 Å². The lowest BCUT2D eigenvalue weighted by molar-refractivity contribution is -0.331. The summed E-state index contributed by atoms with van der Waals surface area (Å²) in [6.07, 6.45) is -3.16. The summed E-state index contributed by atoms with van der Waals surface area (Å²) in [5.74, 6) is 0. The molecule has 2 heterocycles. The molecule has 0 aromatic heterocycles. The van der Waals surface area contributed by atoms with Crippen LogP contribution in [0.1, 0.15) is 73.1 Å². The summed E-state index contributed by atoms with van der Waals surface area (Å²) in [6, 6.07) is -2.66. The summed E-state index contributed by atoms with van der Waals surface area (Å²) in [5.41, 5.74) is 22.4. The highest BCUT2D eigenvalue weighted by Crippen LogP contribution is 2.32. The Labute approximate surface area is 284 Å². The monoisotopic (exact) mass is 684 g/mol. The highest BCUT2D eigenvalue weighted by Gasteiger charge is 2.51. The maximum atomic E-state index is 11.3. The van der Waals surface area contributed by atoms with Crippen LogP contribution in [-0.4, -0.2) is 135 Å². The second kappa shape index (κ2) is 19.1. The zero-order valence-electron chi connectivity index (χ0n) is 28.9. The van der Waals surface area contributed by atoms with Gasteiger partial charge in [-0.05, 0) is 72.3 Å². The summed E-state index contributed by atoms with van der Waals surface area (Å²) in [7, 11) is 0. The van der Waals surface area contributed by atoms with Gasteiger partial charge in [0.2, 0.25) is 0 Å². The molecule has 3 rings (SSSR count). The topological polar surface area (TPSA) is 249 Å². The molecule has 3 fully saturated rings. The Morgan fingerprint density at radius 2 is 1.27 bits per heavy atom. The number of allylic oxidation sites excluding steroid dienone is 6. The second-order valence-corrected chi connectivity index (χ2v) is 13.7. The van der Waals surface area contributed by atoms with Crippen molar-refractivity contribution in [2.45, 2.75) is 165 Å². The van der Waals surface area contributed by atoms with Gasteiger partial charge in [-0.3, -0.25) is 4.99 Å². The zero-order valence-corrected chi connectivity index (χ0v) is 28.9. The minimum absolute atomic E-state index is 0.0323. The fraction of sp³-hybridized carbons (Fsp3) is 0.794. The summed E-state index contributed by atoms with van der Waals surface area (Å²) < 4.78 is 23.4. The molecule has 0 aromatic carbocycles. The Balaban J connectivity index is 1.59. The molecule has 3 aliphatic rings. The predicted octanol–water partition coefficient (Wildman–Crippen LogP) is -0.342. The maximum absolute atomic E-state index is 11.3. The normalized spacial score (nSPS) is 41.5. The number of aliphatic hydroxyl groups excluding tert-OH is 6. The van der Waals surface area contributed by atoms with Crippen molar-refractivity contribution in [3.63, 3.8) is 0 Å². The smallest absolute Gasteiger partial charge is 0.187 e. The third-order valence-corrected chi connectivity index (χ3v) is 9.34. The molecule has 15 atom stereocenters. The Morgan fingerprint density at radius 1 is 0.708 bits per heavy atom. The van der Waals surface area contributed by atoms with Crippen molar-refractivity contribution in [3.05, 3.63) is 34.9 Å². The molecule has 0 aromatic rings. The van der Waals surface area contributed by atoms with Crippen LogP contribution in [0.2, 0.25) is 0 Å². The van der Waals surface area contributed by atoms with Crippen molar-refractivity contribution in [1.82, 2.24) is 0 Å². The van der Waals surface area contributed by atoms with E-state index in [0.717, 1.165) is 31.3 Å². The van der Waals surface area contributed by atoms with Gasteiger partial charge in [-0.2, -0.15) is 0 Å². The summed E-state index contributed by atoms with van der Waals surface area (Å²) in [4.78, 5) is 4.34. The van der Waals surface area contributed by atoms with Crippen molar-refractivity contribution < 1.29 is 49.6 Å². The first-order valence-corrected chi connectivity index (χ1v) is 17.1. The minimum Gasteiger partial charge on any atom is -0.389 e. The third kappa shape index (κ3) is 10.9. The molecular formula is C34H60N4O10. The fourth-order valence-corrected chi connectivity index (χ4v) is 6.21. The fourth-order valence-electron chi connectivity index (χ4n) is 6.21. The molecule has 2 saturated heterocycles. The van der Waals surface area contributed by atoms with Gasteiger partial charge < -0.3 is 66.8 Å². The lowest BCUT2D eigenvalue weighted by Crippen LogP contribution is -2.68. The van der Waals surface area contributed by atoms with E-state index >= 15 is 0 Å². The largest absolute Gasteiger partial charge is 0.389 e. The molecule has 48 heavy (non-hydrogen) atoms. The number of nitrogens with two attached hydrogens (primary N) is 3. The van der Waals surface area contributed by atoms with Gasteiger partial charge in [-0.1, -0.05) is 35.8 Å². The van der Waals surface area contributed by atoms with E-state index in [1.807, 2.05) is 13.0 Å². The Morgan fingerprint density at radius 3 is 1.88 bits per heavy atom.